The number of pyridine rings is 1. The zero-order valence-corrected chi connectivity index (χ0v) is 17.4. The van der Waals surface area contributed by atoms with Gasteiger partial charge in [0.15, 0.2) is 5.65 Å². The first-order valence-electron chi connectivity index (χ1n) is 9.79. The Balaban J connectivity index is 1.56. The Bertz CT molecular complexity index is 1100. The number of rotatable bonds is 6. The Kier molecular flexibility index (Phi) is 5.71. The van der Waals surface area contributed by atoms with Gasteiger partial charge in [0.05, 0.1) is 11.3 Å². The first-order valence-corrected chi connectivity index (χ1v) is 10.6. The molecule has 0 saturated heterocycles. The summed E-state index contributed by atoms with van der Waals surface area (Å²) in [6, 6.07) is 10.4. The van der Waals surface area contributed by atoms with E-state index in [9.17, 15) is 4.79 Å². The zero-order chi connectivity index (χ0) is 20.2. The molecule has 0 saturated carbocycles. The van der Waals surface area contributed by atoms with Crippen LogP contribution < -0.4 is 4.90 Å². The molecule has 0 fully saturated rings. The molecule has 1 aliphatic rings. The van der Waals surface area contributed by atoms with Gasteiger partial charge in [-0.25, -0.2) is 9.97 Å². The minimum atomic E-state index is -0.137. The molecule has 0 radical (unpaired) electrons. The van der Waals surface area contributed by atoms with E-state index in [1.54, 1.807) is 11.3 Å². The standard InChI is InChI=1S/C23H23N3O2S/c1-3-28-22(27)9-6-11-26-12-10-17(18-7-4-5-8-19(18)26)14-21-25-23-20(29-21)13-16(2)15-24-23/h4-5,7-8,10,12-15H,3,6,9,11H2,1-2H3. The number of thiazole rings is 1. The number of carbonyl (C=O) groups excluding carboxylic acids is 1. The van der Waals surface area contributed by atoms with Crippen molar-refractivity contribution in [3.8, 4) is 0 Å². The Morgan fingerprint density at radius 1 is 1.31 bits per heavy atom. The molecule has 1 aromatic carbocycles. The SMILES string of the molecule is CCOC(=O)CCCN1C=CC(=Cc2nc3ncc(C)cc3s2)c2ccccc21. The fourth-order valence-corrected chi connectivity index (χ4v) is 4.36. The van der Waals surface area contributed by atoms with Gasteiger partial charge in [-0.15, -0.1) is 11.3 Å². The molecule has 4 rings (SSSR count). The van der Waals surface area contributed by atoms with Crippen molar-refractivity contribution in [2.75, 3.05) is 18.1 Å². The number of aromatic nitrogens is 2. The number of hydrogen-bond donors (Lipinski definition) is 0. The van der Waals surface area contributed by atoms with Gasteiger partial charge in [-0.3, -0.25) is 4.79 Å². The molecule has 3 heterocycles. The number of aryl methyl sites for hydroxylation is 1. The molecule has 0 N–H and O–H groups in total. The molecule has 5 nitrogen and oxygen atoms in total. The highest BCUT2D eigenvalue weighted by atomic mass is 32.1. The van der Waals surface area contributed by atoms with E-state index < -0.39 is 0 Å². The average molecular weight is 406 g/mol. The van der Waals surface area contributed by atoms with E-state index >= 15 is 0 Å². The van der Waals surface area contributed by atoms with Crippen molar-refractivity contribution in [1.82, 2.24) is 9.97 Å². The van der Waals surface area contributed by atoms with Gasteiger partial charge in [0.25, 0.3) is 0 Å². The van der Waals surface area contributed by atoms with Crippen LogP contribution in [0.25, 0.3) is 22.0 Å². The largest absolute Gasteiger partial charge is 0.466 e. The number of esters is 1. The van der Waals surface area contributed by atoms with Crippen LogP contribution in [-0.2, 0) is 9.53 Å². The Morgan fingerprint density at radius 2 is 2.17 bits per heavy atom. The quantitative estimate of drug-likeness (QED) is 0.527. The zero-order valence-electron chi connectivity index (χ0n) is 16.6. The molecule has 0 amide bonds. The maximum atomic E-state index is 11.6. The summed E-state index contributed by atoms with van der Waals surface area (Å²) >= 11 is 1.65. The number of carbonyl (C=O) groups is 1. The number of fused-ring (bicyclic) bond motifs is 2. The fraction of sp³-hybridized carbons (Fsp3) is 0.261. The molecule has 0 spiro atoms. The number of benzene rings is 1. The van der Waals surface area contributed by atoms with Crippen molar-refractivity contribution < 1.29 is 9.53 Å². The Morgan fingerprint density at radius 3 is 3.03 bits per heavy atom. The predicted octanol–water partition coefficient (Wildman–Crippen LogP) is 5.22. The van der Waals surface area contributed by atoms with E-state index in [1.807, 2.05) is 32.2 Å². The average Bonchev–Trinajstić information content (AvgIpc) is 3.11. The van der Waals surface area contributed by atoms with Crippen LogP contribution in [0.3, 0.4) is 0 Å². The van der Waals surface area contributed by atoms with E-state index in [0.29, 0.717) is 13.0 Å². The van der Waals surface area contributed by atoms with Crippen molar-refractivity contribution >= 4 is 45.0 Å². The van der Waals surface area contributed by atoms with E-state index in [-0.39, 0.29) is 5.97 Å². The molecule has 3 aromatic rings. The van der Waals surface area contributed by atoms with Crippen molar-refractivity contribution in [2.45, 2.75) is 26.7 Å². The van der Waals surface area contributed by atoms with Gasteiger partial charge in [0.2, 0.25) is 0 Å². The van der Waals surface area contributed by atoms with Crippen molar-refractivity contribution in [3.63, 3.8) is 0 Å². The van der Waals surface area contributed by atoms with Gasteiger partial charge in [-0.2, -0.15) is 0 Å². The van der Waals surface area contributed by atoms with E-state index in [0.717, 1.165) is 50.7 Å². The second-order valence-electron chi connectivity index (χ2n) is 6.92. The summed E-state index contributed by atoms with van der Waals surface area (Å²) in [5.41, 5.74) is 5.36. The molecule has 29 heavy (non-hydrogen) atoms. The second-order valence-corrected chi connectivity index (χ2v) is 7.98. The van der Waals surface area contributed by atoms with Gasteiger partial charge in [-0.05, 0) is 55.7 Å². The molecule has 148 valence electrons. The first-order chi connectivity index (χ1) is 14.1. The van der Waals surface area contributed by atoms with Crippen LogP contribution in [0.15, 0.2) is 48.8 Å². The van der Waals surface area contributed by atoms with E-state index in [1.165, 1.54) is 0 Å². The number of anilines is 1. The number of hydrogen-bond acceptors (Lipinski definition) is 6. The van der Waals surface area contributed by atoms with Gasteiger partial charge in [-0.1, -0.05) is 18.2 Å². The van der Waals surface area contributed by atoms with Crippen LogP contribution in [0.4, 0.5) is 5.69 Å². The molecule has 0 bridgehead atoms. The molecule has 1 aliphatic heterocycles. The van der Waals surface area contributed by atoms with E-state index in [2.05, 4.69) is 51.4 Å². The summed E-state index contributed by atoms with van der Waals surface area (Å²) in [7, 11) is 0. The van der Waals surface area contributed by atoms with Crippen LogP contribution in [0.1, 0.15) is 35.9 Å². The molecule has 0 atom stereocenters. The van der Waals surface area contributed by atoms with Crippen molar-refractivity contribution in [1.29, 1.82) is 0 Å². The number of ether oxygens (including phenoxy) is 1. The maximum absolute atomic E-state index is 11.6. The van der Waals surface area contributed by atoms with Crippen molar-refractivity contribution in [2.24, 2.45) is 0 Å². The summed E-state index contributed by atoms with van der Waals surface area (Å²) in [4.78, 5) is 22.9. The summed E-state index contributed by atoms with van der Waals surface area (Å²) in [5, 5.41) is 0.948. The number of para-hydroxylation sites is 1. The van der Waals surface area contributed by atoms with Crippen LogP contribution >= 0.6 is 11.3 Å². The second kappa shape index (κ2) is 8.57. The minimum absolute atomic E-state index is 0.137. The van der Waals surface area contributed by atoms with Gasteiger partial charge < -0.3 is 9.64 Å². The van der Waals surface area contributed by atoms with Crippen LogP contribution in [0.2, 0.25) is 0 Å². The number of allylic oxidation sites excluding steroid dienone is 2. The van der Waals surface area contributed by atoms with Gasteiger partial charge in [0.1, 0.15) is 5.01 Å². The first kappa shape index (κ1) is 19.3. The highest BCUT2D eigenvalue weighted by Crippen LogP contribution is 2.35. The Hall–Kier alpha value is -2.99. The fourth-order valence-electron chi connectivity index (χ4n) is 3.39. The molecule has 0 unspecified atom stereocenters. The van der Waals surface area contributed by atoms with E-state index in [4.69, 9.17) is 4.74 Å². The molecule has 6 heteroatoms. The monoisotopic (exact) mass is 405 g/mol. The summed E-state index contributed by atoms with van der Waals surface area (Å²) in [5.74, 6) is -0.137. The summed E-state index contributed by atoms with van der Waals surface area (Å²) in [6.45, 7) is 5.07. The maximum Gasteiger partial charge on any atom is 0.305 e. The molecule has 2 aromatic heterocycles. The smallest absolute Gasteiger partial charge is 0.305 e. The third-order valence-corrected chi connectivity index (χ3v) is 5.66. The minimum Gasteiger partial charge on any atom is -0.466 e. The lowest BCUT2D eigenvalue weighted by Crippen LogP contribution is -2.22. The lowest BCUT2D eigenvalue weighted by Gasteiger charge is -2.27. The van der Waals surface area contributed by atoms with Crippen LogP contribution in [-0.4, -0.2) is 29.1 Å². The number of nitrogens with zero attached hydrogens (tertiary/aromatic N) is 3. The summed E-state index contributed by atoms with van der Waals surface area (Å²) < 4.78 is 6.12. The van der Waals surface area contributed by atoms with Crippen LogP contribution in [0, 0.1) is 6.92 Å². The van der Waals surface area contributed by atoms with Crippen LogP contribution in [0.5, 0.6) is 0 Å². The van der Waals surface area contributed by atoms with Gasteiger partial charge in [0, 0.05) is 36.6 Å². The van der Waals surface area contributed by atoms with Crippen molar-refractivity contribution in [3.05, 3.63) is 64.9 Å². The predicted molar refractivity (Wildman–Crippen MR) is 119 cm³/mol. The molecular weight excluding hydrogens is 382 g/mol. The lowest BCUT2D eigenvalue weighted by molar-refractivity contribution is -0.143. The Labute approximate surface area is 174 Å². The molecular formula is C23H23N3O2S. The topological polar surface area (TPSA) is 55.3 Å². The lowest BCUT2D eigenvalue weighted by atomic mass is 9.99. The third-order valence-electron chi connectivity index (χ3n) is 4.72. The van der Waals surface area contributed by atoms with Gasteiger partial charge >= 0.3 is 5.97 Å². The highest BCUT2D eigenvalue weighted by Gasteiger charge is 2.17. The summed E-state index contributed by atoms with van der Waals surface area (Å²) in [6.07, 6.45) is 9.34. The highest BCUT2D eigenvalue weighted by molar-refractivity contribution is 7.19. The molecule has 0 aliphatic carbocycles. The third kappa shape index (κ3) is 4.38. The normalized spacial score (nSPS) is 14.4.